The Morgan fingerprint density at radius 2 is 1.45 bits per heavy atom. The summed E-state index contributed by atoms with van der Waals surface area (Å²) in [6.45, 7) is 10.9. The molecule has 1 aliphatic heterocycles. The quantitative estimate of drug-likeness (QED) is 0.688. The Balaban J connectivity index is 1.41. The van der Waals surface area contributed by atoms with Crippen LogP contribution in [0.2, 0.25) is 0 Å². The van der Waals surface area contributed by atoms with Crippen molar-refractivity contribution < 1.29 is 4.79 Å². The van der Waals surface area contributed by atoms with Crippen molar-refractivity contribution in [2.75, 3.05) is 31.1 Å². The van der Waals surface area contributed by atoms with Gasteiger partial charge in [0.2, 0.25) is 0 Å². The van der Waals surface area contributed by atoms with Gasteiger partial charge >= 0.3 is 0 Å². The summed E-state index contributed by atoms with van der Waals surface area (Å²) in [5.41, 5.74) is 5.15. The molecule has 0 radical (unpaired) electrons. The molecule has 1 fully saturated rings. The monoisotopic (exact) mass is 390 g/mol. The molecule has 7 nitrogen and oxygen atoms in total. The molecule has 1 aromatic carbocycles. The first-order valence-corrected chi connectivity index (χ1v) is 9.92. The van der Waals surface area contributed by atoms with Crippen molar-refractivity contribution in [2.45, 2.75) is 27.7 Å². The highest BCUT2D eigenvalue weighted by Crippen LogP contribution is 2.18. The van der Waals surface area contributed by atoms with Gasteiger partial charge in [0.25, 0.3) is 5.91 Å². The highest BCUT2D eigenvalue weighted by molar-refractivity contribution is 5.94. The van der Waals surface area contributed by atoms with Crippen LogP contribution in [-0.4, -0.2) is 57.0 Å². The van der Waals surface area contributed by atoms with Crippen molar-refractivity contribution >= 4 is 11.7 Å². The van der Waals surface area contributed by atoms with Crippen molar-refractivity contribution in [2.24, 2.45) is 0 Å². The van der Waals surface area contributed by atoms with E-state index in [1.54, 1.807) is 0 Å². The van der Waals surface area contributed by atoms with Crippen LogP contribution in [0, 0.1) is 27.7 Å². The summed E-state index contributed by atoms with van der Waals surface area (Å²) < 4.78 is 1.83. The van der Waals surface area contributed by atoms with Gasteiger partial charge in [-0.05, 0) is 57.5 Å². The van der Waals surface area contributed by atoms with E-state index in [2.05, 4.69) is 27.1 Å². The zero-order valence-electron chi connectivity index (χ0n) is 17.4. The summed E-state index contributed by atoms with van der Waals surface area (Å²) >= 11 is 0. The van der Waals surface area contributed by atoms with E-state index in [4.69, 9.17) is 0 Å². The minimum Gasteiger partial charge on any atom is -0.352 e. The molecule has 0 spiro atoms. The second-order valence-electron chi connectivity index (χ2n) is 7.60. The Kier molecular flexibility index (Phi) is 5.05. The first kappa shape index (κ1) is 19.1. The maximum atomic E-state index is 12.7. The molecule has 0 saturated carbocycles. The largest absolute Gasteiger partial charge is 0.352 e. The second-order valence-corrected chi connectivity index (χ2v) is 7.60. The zero-order chi connectivity index (χ0) is 20.5. The van der Waals surface area contributed by atoms with E-state index >= 15 is 0 Å². The fourth-order valence-corrected chi connectivity index (χ4v) is 3.56. The molecule has 1 aliphatic rings. The van der Waals surface area contributed by atoms with E-state index in [0.29, 0.717) is 13.1 Å². The highest BCUT2D eigenvalue weighted by Gasteiger charge is 2.23. The van der Waals surface area contributed by atoms with Crippen LogP contribution in [0.25, 0.3) is 5.82 Å². The zero-order valence-corrected chi connectivity index (χ0v) is 17.4. The van der Waals surface area contributed by atoms with Crippen LogP contribution in [0.3, 0.4) is 0 Å². The maximum absolute atomic E-state index is 12.7. The lowest BCUT2D eigenvalue weighted by Crippen LogP contribution is -2.49. The summed E-state index contributed by atoms with van der Waals surface area (Å²) in [5.74, 6) is 1.64. The van der Waals surface area contributed by atoms with E-state index in [-0.39, 0.29) is 5.91 Å². The van der Waals surface area contributed by atoms with Gasteiger partial charge in [-0.2, -0.15) is 5.10 Å². The average Bonchev–Trinajstić information content (AvgIpc) is 3.01. The Morgan fingerprint density at radius 3 is 2.00 bits per heavy atom. The number of nitrogens with zero attached hydrogens (tertiary/aromatic N) is 6. The third-order valence-corrected chi connectivity index (χ3v) is 5.70. The number of rotatable bonds is 3. The Labute approximate surface area is 171 Å². The number of aryl methyl sites for hydroxylation is 2. The number of aromatic nitrogens is 4. The molecule has 0 unspecified atom stereocenters. The van der Waals surface area contributed by atoms with Crippen molar-refractivity contribution in [3.63, 3.8) is 0 Å². The molecule has 1 saturated heterocycles. The average molecular weight is 390 g/mol. The van der Waals surface area contributed by atoms with Crippen LogP contribution >= 0.6 is 0 Å². The lowest BCUT2D eigenvalue weighted by molar-refractivity contribution is 0.0746. The van der Waals surface area contributed by atoms with E-state index in [0.717, 1.165) is 47.2 Å². The molecule has 0 aliphatic carbocycles. The van der Waals surface area contributed by atoms with Crippen molar-refractivity contribution in [1.29, 1.82) is 0 Å². The number of hydrogen-bond donors (Lipinski definition) is 0. The number of anilines is 1. The second kappa shape index (κ2) is 7.66. The lowest BCUT2D eigenvalue weighted by Gasteiger charge is -2.35. The molecule has 29 heavy (non-hydrogen) atoms. The van der Waals surface area contributed by atoms with Gasteiger partial charge in [-0.3, -0.25) is 4.79 Å². The Morgan fingerprint density at radius 1 is 0.828 bits per heavy atom. The van der Waals surface area contributed by atoms with Crippen molar-refractivity contribution in [3.8, 4) is 5.82 Å². The van der Waals surface area contributed by atoms with E-state index in [1.165, 1.54) is 5.56 Å². The Hall–Kier alpha value is -3.22. The van der Waals surface area contributed by atoms with Crippen LogP contribution in [0.15, 0.2) is 36.4 Å². The highest BCUT2D eigenvalue weighted by atomic mass is 16.2. The third kappa shape index (κ3) is 3.72. The molecule has 7 heteroatoms. The van der Waals surface area contributed by atoms with E-state index < -0.39 is 0 Å². The molecule has 3 heterocycles. The molecule has 0 atom stereocenters. The van der Waals surface area contributed by atoms with Gasteiger partial charge in [-0.15, -0.1) is 10.2 Å². The number of amides is 1. The molecular weight excluding hydrogens is 364 g/mol. The standard InChI is InChI=1S/C22H26N6O/c1-15-5-7-19(8-6-15)22(29)27-13-11-26(12-14-27)20-9-10-21(24-23-20)28-18(4)16(2)17(3)25-28/h5-10H,11-14H2,1-4H3. The third-order valence-electron chi connectivity index (χ3n) is 5.70. The summed E-state index contributed by atoms with van der Waals surface area (Å²) in [7, 11) is 0. The molecule has 150 valence electrons. The van der Waals surface area contributed by atoms with Gasteiger partial charge in [0, 0.05) is 37.4 Å². The topological polar surface area (TPSA) is 67.2 Å². The number of hydrogen-bond acceptors (Lipinski definition) is 5. The minimum absolute atomic E-state index is 0.0889. The van der Waals surface area contributed by atoms with Crippen LogP contribution < -0.4 is 4.90 Å². The summed E-state index contributed by atoms with van der Waals surface area (Å²) in [4.78, 5) is 16.8. The van der Waals surface area contributed by atoms with Crippen LogP contribution in [-0.2, 0) is 0 Å². The normalized spacial score (nSPS) is 14.3. The molecule has 0 bridgehead atoms. The van der Waals surface area contributed by atoms with E-state index in [1.807, 2.05) is 66.8 Å². The molecule has 3 aromatic rings. The van der Waals surface area contributed by atoms with Crippen LogP contribution in [0.1, 0.15) is 32.9 Å². The molecule has 2 aromatic heterocycles. The summed E-state index contributed by atoms with van der Waals surface area (Å²) in [6.07, 6.45) is 0. The predicted octanol–water partition coefficient (Wildman–Crippen LogP) is 2.86. The van der Waals surface area contributed by atoms with Crippen LogP contribution in [0.4, 0.5) is 5.82 Å². The Bertz CT molecular complexity index is 1010. The van der Waals surface area contributed by atoms with Gasteiger partial charge in [-0.25, -0.2) is 4.68 Å². The smallest absolute Gasteiger partial charge is 0.253 e. The molecular formula is C22H26N6O. The minimum atomic E-state index is 0.0889. The SMILES string of the molecule is Cc1ccc(C(=O)N2CCN(c3ccc(-n4nc(C)c(C)c4C)nn3)CC2)cc1. The molecule has 4 rings (SSSR count). The first-order valence-electron chi connectivity index (χ1n) is 9.92. The summed E-state index contributed by atoms with van der Waals surface area (Å²) in [6, 6.07) is 11.7. The predicted molar refractivity (Wildman–Crippen MR) is 113 cm³/mol. The fourth-order valence-electron chi connectivity index (χ4n) is 3.56. The van der Waals surface area contributed by atoms with Crippen molar-refractivity contribution in [3.05, 3.63) is 64.5 Å². The van der Waals surface area contributed by atoms with Gasteiger partial charge < -0.3 is 9.80 Å². The number of piperazine rings is 1. The number of carbonyl (C=O) groups is 1. The van der Waals surface area contributed by atoms with Gasteiger partial charge in [0.05, 0.1) is 5.69 Å². The summed E-state index contributed by atoms with van der Waals surface area (Å²) in [5, 5.41) is 13.3. The van der Waals surface area contributed by atoms with Gasteiger partial charge in [0.15, 0.2) is 11.6 Å². The van der Waals surface area contributed by atoms with E-state index in [9.17, 15) is 4.79 Å². The van der Waals surface area contributed by atoms with Crippen molar-refractivity contribution in [1.82, 2.24) is 24.9 Å². The van der Waals surface area contributed by atoms with Gasteiger partial charge in [0.1, 0.15) is 0 Å². The fraction of sp³-hybridized carbons (Fsp3) is 0.364. The molecule has 0 N–H and O–H groups in total. The lowest BCUT2D eigenvalue weighted by atomic mass is 10.1. The first-order chi connectivity index (χ1) is 13.9. The van der Waals surface area contributed by atoms with Gasteiger partial charge in [-0.1, -0.05) is 17.7 Å². The van der Waals surface area contributed by atoms with Crippen LogP contribution in [0.5, 0.6) is 0 Å². The molecule has 1 amide bonds. The number of benzene rings is 1. The maximum Gasteiger partial charge on any atom is 0.253 e. The number of carbonyl (C=O) groups excluding carboxylic acids is 1.